The first kappa shape index (κ1) is 40.4. The molecule has 0 N–H and O–H groups in total. The van der Waals surface area contributed by atoms with Crippen LogP contribution in [-0.4, -0.2) is 3.21 Å². The zero-order chi connectivity index (χ0) is 31.3. The summed E-state index contributed by atoms with van der Waals surface area (Å²) in [6, 6.07) is 26.7. The Hall–Kier alpha value is -1.66. The average molecular weight is 707 g/mol. The molecule has 44 heavy (non-hydrogen) atoms. The van der Waals surface area contributed by atoms with Crippen LogP contribution in [0.3, 0.4) is 0 Å². The van der Waals surface area contributed by atoms with Crippen LogP contribution in [0.5, 0.6) is 0 Å². The average Bonchev–Trinajstić information content (AvgIpc) is 3.53. The second-order valence-corrected chi connectivity index (χ2v) is 16.7. The molecular weight excluding hydrogens is 655 g/mol. The smallest absolute Gasteiger partial charge is 1.00 e. The van der Waals surface area contributed by atoms with E-state index in [2.05, 4.69) is 161 Å². The molecule has 0 spiro atoms. The van der Waals surface area contributed by atoms with Crippen LogP contribution >= 0.6 is 0 Å². The van der Waals surface area contributed by atoms with Crippen LogP contribution in [-0.2, 0) is 35.1 Å². The van der Waals surface area contributed by atoms with Gasteiger partial charge in [-0.3, -0.25) is 6.08 Å². The van der Waals surface area contributed by atoms with Gasteiger partial charge in [-0.05, 0) is 10.8 Å². The summed E-state index contributed by atoms with van der Waals surface area (Å²) < 4.78 is 1.46. The van der Waals surface area contributed by atoms with Crippen LogP contribution in [0, 0.1) is 17.4 Å². The number of halogens is 2. The van der Waals surface area contributed by atoms with E-state index < -0.39 is 0 Å². The van der Waals surface area contributed by atoms with Gasteiger partial charge in [0, 0.05) is 0 Å². The van der Waals surface area contributed by atoms with Crippen LogP contribution in [0.25, 0.3) is 21.5 Å². The van der Waals surface area contributed by atoms with Crippen molar-refractivity contribution in [3.8, 4) is 0 Å². The van der Waals surface area contributed by atoms with Crippen LogP contribution in [0.2, 0.25) is 0 Å². The topological polar surface area (TPSA) is 0 Å². The van der Waals surface area contributed by atoms with Gasteiger partial charge in [0.05, 0.1) is 0 Å². The summed E-state index contributed by atoms with van der Waals surface area (Å²) in [5, 5.41) is 5.48. The molecule has 1 unspecified atom stereocenters. The molecule has 0 saturated heterocycles. The predicted octanol–water partition coefficient (Wildman–Crippen LogP) is 5.84. The van der Waals surface area contributed by atoms with Gasteiger partial charge >= 0.3 is 70.3 Å². The number of benzene rings is 3. The summed E-state index contributed by atoms with van der Waals surface area (Å²) in [5.74, 6) is 0.587. The van der Waals surface area contributed by atoms with Crippen molar-refractivity contribution in [1.82, 2.24) is 0 Å². The molecule has 1 atom stereocenters. The van der Waals surface area contributed by atoms with Crippen molar-refractivity contribution in [2.75, 3.05) is 0 Å². The van der Waals surface area contributed by atoms with E-state index in [1.54, 1.807) is 0 Å². The summed E-state index contributed by atoms with van der Waals surface area (Å²) in [6.45, 7) is 24.8. The molecule has 0 heterocycles. The summed E-state index contributed by atoms with van der Waals surface area (Å²) in [7, 11) is 0. The van der Waals surface area contributed by atoms with Gasteiger partial charge in [0.1, 0.15) is 0 Å². The predicted molar refractivity (Wildman–Crippen MR) is 184 cm³/mol. The molecule has 0 nitrogen and oxygen atoms in total. The first-order valence-corrected chi connectivity index (χ1v) is 16.8. The Bertz CT molecular complexity index is 1480. The fourth-order valence-corrected chi connectivity index (χ4v) is 5.51. The fourth-order valence-electron chi connectivity index (χ4n) is 5.10. The molecule has 0 fully saturated rings. The minimum Gasteiger partial charge on any atom is -1.00 e. The Morgan fingerprint density at radius 2 is 1.20 bits per heavy atom. The Balaban J connectivity index is 0.000000359. The summed E-state index contributed by atoms with van der Waals surface area (Å²) >= 11 is 1.51. The number of rotatable bonds is 3. The van der Waals surface area contributed by atoms with Gasteiger partial charge in [0.2, 0.25) is 0 Å². The SMILES string of the molecule is CC(C)(C)c1ccc2c(c1)[cH-]c1cc(C(C)(C)C)ccc12.CCCC1[C-]=CC(C(C)(C)C)=C1.C[C](=[Zr+2])c1ccccc1.[Cl-].[Cl-]. The van der Waals surface area contributed by atoms with E-state index in [4.69, 9.17) is 0 Å². The maximum absolute atomic E-state index is 3.40. The normalized spacial score (nSPS) is 14.5. The molecular formula is C41H52Cl2Zr-2. The molecule has 0 bridgehead atoms. The van der Waals surface area contributed by atoms with Crippen molar-refractivity contribution >= 4 is 24.8 Å². The second-order valence-electron chi connectivity index (χ2n) is 14.8. The van der Waals surface area contributed by atoms with Crippen molar-refractivity contribution in [2.45, 2.75) is 99.8 Å². The van der Waals surface area contributed by atoms with Crippen molar-refractivity contribution in [3.05, 3.63) is 113 Å². The molecule has 1 aliphatic carbocycles. The molecule has 4 aromatic rings. The zero-order valence-corrected chi connectivity index (χ0v) is 32.8. The van der Waals surface area contributed by atoms with Gasteiger partial charge in [0.25, 0.3) is 0 Å². The Kier molecular flexibility index (Phi) is 15.4. The monoisotopic (exact) mass is 704 g/mol. The third-order valence-electron chi connectivity index (χ3n) is 7.94. The van der Waals surface area contributed by atoms with E-state index in [9.17, 15) is 0 Å². The minimum absolute atomic E-state index is 0. The van der Waals surface area contributed by atoms with Crippen molar-refractivity contribution < 1.29 is 49.0 Å². The van der Waals surface area contributed by atoms with E-state index in [1.165, 1.54) is 84.1 Å². The largest absolute Gasteiger partial charge is 1.00 e. The van der Waals surface area contributed by atoms with Gasteiger partial charge in [-0.2, -0.15) is 11.6 Å². The number of hydrogen-bond acceptors (Lipinski definition) is 0. The summed E-state index contributed by atoms with van der Waals surface area (Å²) in [4.78, 5) is 0. The maximum Gasteiger partial charge on any atom is -1.00 e. The van der Waals surface area contributed by atoms with Crippen LogP contribution < -0.4 is 24.8 Å². The first-order chi connectivity index (χ1) is 19.5. The van der Waals surface area contributed by atoms with E-state index in [0.29, 0.717) is 11.3 Å². The van der Waals surface area contributed by atoms with E-state index in [-0.39, 0.29) is 35.6 Å². The van der Waals surface area contributed by atoms with Crippen LogP contribution in [0.15, 0.2) is 90.5 Å². The van der Waals surface area contributed by atoms with Gasteiger partial charge in [-0.15, -0.1) is 39.7 Å². The zero-order valence-electron chi connectivity index (χ0n) is 28.8. The van der Waals surface area contributed by atoms with E-state index in [0.717, 1.165) is 0 Å². The maximum atomic E-state index is 3.40. The van der Waals surface area contributed by atoms with Crippen LogP contribution in [0.1, 0.15) is 106 Å². The molecule has 0 amide bonds. The van der Waals surface area contributed by atoms with Crippen molar-refractivity contribution in [3.63, 3.8) is 0 Å². The first-order valence-electron chi connectivity index (χ1n) is 15.6. The minimum atomic E-state index is 0. The second kappa shape index (κ2) is 16.8. The Morgan fingerprint density at radius 3 is 1.55 bits per heavy atom. The summed E-state index contributed by atoms with van der Waals surface area (Å²) in [6.07, 6.45) is 10.4. The van der Waals surface area contributed by atoms with Crippen LogP contribution in [0.4, 0.5) is 0 Å². The quantitative estimate of drug-likeness (QED) is 0.235. The molecule has 236 valence electrons. The fraction of sp³-hybridized carbons (Fsp3) is 0.415. The molecule has 4 aromatic carbocycles. The number of fused-ring (bicyclic) bond motifs is 3. The Morgan fingerprint density at radius 1 is 0.727 bits per heavy atom. The molecule has 0 aromatic heterocycles. The Labute approximate surface area is 296 Å². The van der Waals surface area contributed by atoms with Crippen molar-refractivity contribution in [2.24, 2.45) is 11.3 Å². The molecule has 3 heteroatoms. The third-order valence-corrected chi connectivity index (χ3v) is 8.65. The standard InChI is InChI=1S/C21H25.C12H19.C8H8.2ClH.Zr/c1-20(2,3)16-7-9-18-14(12-16)11-15-13-17(21(4,5)6)8-10-19(15)18;1-5-6-10-7-8-11(9-10)12(2,3)4;1-2-8-6-4-3-5-7-8;;;/h7-13H,1-6H3;8-10H,5-6H2,1-4H3;3-7H,1H3;2*1H;/q2*-1;;;;+2/p-2. The van der Waals surface area contributed by atoms with Gasteiger partial charge in [0.15, 0.2) is 0 Å². The molecule has 0 radical (unpaired) electrons. The van der Waals surface area contributed by atoms with E-state index >= 15 is 0 Å². The summed E-state index contributed by atoms with van der Waals surface area (Å²) in [5.41, 5.74) is 6.33. The van der Waals surface area contributed by atoms with Gasteiger partial charge < -0.3 is 24.8 Å². The molecule has 1 aliphatic rings. The molecule has 5 rings (SSSR count). The number of allylic oxidation sites excluding steroid dienone is 4. The van der Waals surface area contributed by atoms with E-state index in [1.807, 2.05) is 6.07 Å². The molecule has 0 aliphatic heterocycles. The van der Waals surface area contributed by atoms with Gasteiger partial charge in [-0.25, -0.2) is 6.08 Å². The van der Waals surface area contributed by atoms with Gasteiger partial charge in [-0.1, -0.05) is 129 Å². The van der Waals surface area contributed by atoms with Crippen molar-refractivity contribution in [1.29, 1.82) is 0 Å². The number of hydrogen-bond donors (Lipinski definition) is 0. The molecule has 0 saturated carbocycles. The third kappa shape index (κ3) is 11.3.